The van der Waals surface area contributed by atoms with E-state index >= 15 is 0 Å². The second-order valence-corrected chi connectivity index (χ2v) is 3.96. The summed E-state index contributed by atoms with van der Waals surface area (Å²) < 4.78 is 0. The summed E-state index contributed by atoms with van der Waals surface area (Å²) in [5.74, 6) is 0. The van der Waals surface area contributed by atoms with Gasteiger partial charge in [0.05, 0.1) is 0 Å². The Hall–Kier alpha value is -0.240. The van der Waals surface area contributed by atoms with E-state index in [9.17, 15) is 0 Å². The minimum atomic E-state index is 1.00. The first-order chi connectivity index (χ1) is 7.50. The Morgan fingerprint density at radius 2 is 1.00 bits per heavy atom. The first-order valence-corrected chi connectivity index (χ1v) is 6.18. The summed E-state index contributed by atoms with van der Waals surface area (Å²) in [6.07, 6.45) is 0. The topological polar surface area (TPSA) is 90.5 Å². The van der Waals surface area contributed by atoms with Gasteiger partial charge in [-0.05, 0) is 0 Å². The van der Waals surface area contributed by atoms with E-state index in [0.717, 1.165) is 19.8 Å². The summed E-state index contributed by atoms with van der Waals surface area (Å²) in [5, 5.41) is 15.4. The average molecular weight is 220 g/mol. The SMILES string of the molecule is C1CNCN1.C1C[NH2+]C[NH2+]1.C1C[NH2+]C[NH2+]1. The molecule has 0 bridgehead atoms. The zero-order chi connectivity index (χ0) is 10.6. The molecule has 6 nitrogen and oxygen atoms in total. The lowest BCUT2D eigenvalue weighted by atomic mass is 10.7. The second-order valence-electron chi connectivity index (χ2n) is 3.96. The number of quaternary nitrogens is 4. The van der Waals surface area contributed by atoms with Crippen molar-refractivity contribution in [3.63, 3.8) is 0 Å². The fraction of sp³-hybridized carbons (Fsp3) is 1.00. The van der Waals surface area contributed by atoms with Gasteiger partial charge in [0.25, 0.3) is 0 Å². The molecule has 3 aliphatic heterocycles. The van der Waals surface area contributed by atoms with Crippen molar-refractivity contribution in [3.05, 3.63) is 0 Å². The van der Waals surface area contributed by atoms with Gasteiger partial charge in [-0.2, -0.15) is 0 Å². The van der Waals surface area contributed by atoms with E-state index in [1.165, 1.54) is 39.5 Å². The molecule has 0 amide bonds. The Morgan fingerprint density at radius 1 is 0.600 bits per heavy atom. The number of nitrogens with two attached hydrogens (primary N) is 4. The summed E-state index contributed by atoms with van der Waals surface area (Å²) in [4.78, 5) is 0. The quantitative estimate of drug-likeness (QED) is 0.245. The first-order valence-electron chi connectivity index (χ1n) is 6.18. The third kappa shape index (κ3) is 8.73. The fourth-order valence-corrected chi connectivity index (χ4v) is 1.62. The molecular weight excluding hydrogens is 192 g/mol. The molecule has 0 aromatic carbocycles. The molecule has 0 aromatic heterocycles. The van der Waals surface area contributed by atoms with Gasteiger partial charge in [-0.1, -0.05) is 0 Å². The summed E-state index contributed by atoms with van der Waals surface area (Å²) in [5.41, 5.74) is 0. The number of rotatable bonds is 0. The summed E-state index contributed by atoms with van der Waals surface area (Å²) in [6.45, 7) is 11.1. The van der Waals surface area contributed by atoms with Crippen molar-refractivity contribution in [3.8, 4) is 0 Å². The zero-order valence-corrected chi connectivity index (χ0v) is 9.67. The lowest BCUT2D eigenvalue weighted by Gasteiger charge is -1.77. The van der Waals surface area contributed by atoms with Gasteiger partial charge in [-0.3, -0.25) is 21.3 Å². The van der Waals surface area contributed by atoms with Gasteiger partial charge in [-0.15, -0.1) is 0 Å². The van der Waals surface area contributed by atoms with E-state index in [0.29, 0.717) is 0 Å². The molecule has 0 aliphatic carbocycles. The van der Waals surface area contributed by atoms with Crippen LogP contribution >= 0.6 is 0 Å². The largest absolute Gasteiger partial charge is 0.303 e. The molecular formula is C9H28N6+4. The molecule has 0 saturated carbocycles. The van der Waals surface area contributed by atoms with Crippen LogP contribution in [0.25, 0.3) is 0 Å². The van der Waals surface area contributed by atoms with E-state index in [1.807, 2.05) is 0 Å². The Bertz CT molecular complexity index is 73.2. The average Bonchev–Trinajstić information content (AvgIpc) is 3.09. The first kappa shape index (κ1) is 12.8. The predicted octanol–water partition coefficient (Wildman–Crippen LogP) is -6.69. The van der Waals surface area contributed by atoms with Gasteiger partial charge in [0.1, 0.15) is 26.2 Å². The normalized spacial score (nSPS) is 24.0. The molecule has 90 valence electrons. The minimum Gasteiger partial charge on any atom is -0.303 e. The van der Waals surface area contributed by atoms with Crippen molar-refractivity contribution in [2.24, 2.45) is 0 Å². The number of nitrogens with one attached hydrogen (secondary N) is 2. The third-order valence-electron chi connectivity index (χ3n) is 2.55. The molecule has 10 N–H and O–H groups in total. The molecule has 3 heterocycles. The molecule has 0 aromatic rings. The molecule has 0 radical (unpaired) electrons. The Labute approximate surface area is 92.0 Å². The van der Waals surface area contributed by atoms with Gasteiger partial charge in [0, 0.05) is 19.8 Å². The van der Waals surface area contributed by atoms with Gasteiger partial charge < -0.3 is 10.6 Å². The van der Waals surface area contributed by atoms with Crippen molar-refractivity contribution in [2.75, 3.05) is 59.3 Å². The number of hydrogen-bond donors (Lipinski definition) is 6. The Balaban J connectivity index is 0.000000112. The molecule has 3 fully saturated rings. The summed E-state index contributed by atoms with van der Waals surface area (Å²) >= 11 is 0. The van der Waals surface area contributed by atoms with E-state index < -0.39 is 0 Å². The van der Waals surface area contributed by atoms with Gasteiger partial charge in [0.15, 0.2) is 0 Å². The van der Waals surface area contributed by atoms with Gasteiger partial charge in [0.2, 0.25) is 13.3 Å². The maximum Gasteiger partial charge on any atom is 0.201 e. The van der Waals surface area contributed by atoms with Crippen molar-refractivity contribution in [2.45, 2.75) is 0 Å². The predicted molar refractivity (Wildman–Crippen MR) is 57.8 cm³/mol. The van der Waals surface area contributed by atoms with Crippen molar-refractivity contribution in [1.29, 1.82) is 0 Å². The van der Waals surface area contributed by atoms with Crippen LogP contribution in [0.1, 0.15) is 0 Å². The molecule has 0 unspecified atom stereocenters. The molecule has 3 saturated heterocycles. The third-order valence-corrected chi connectivity index (χ3v) is 2.55. The van der Waals surface area contributed by atoms with Crippen LogP contribution in [0.2, 0.25) is 0 Å². The summed E-state index contributed by atoms with van der Waals surface area (Å²) in [7, 11) is 0. The maximum atomic E-state index is 3.11. The standard InChI is InChI=1S/3C3H8N2/c3*1-2-5-3-4-1/h3*4-5H,1-3H2/p+4. The van der Waals surface area contributed by atoms with Crippen LogP contribution in [-0.2, 0) is 0 Å². The maximum absolute atomic E-state index is 3.11. The van der Waals surface area contributed by atoms with Crippen LogP contribution in [0.3, 0.4) is 0 Å². The smallest absolute Gasteiger partial charge is 0.201 e. The fourth-order valence-electron chi connectivity index (χ4n) is 1.62. The monoisotopic (exact) mass is 220 g/mol. The van der Waals surface area contributed by atoms with Crippen LogP contribution in [0.15, 0.2) is 0 Å². The van der Waals surface area contributed by atoms with Crippen molar-refractivity contribution >= 4 is 0 Å². The van der Waals surface area contributed by atoms with E-state index in [4.69, 9.17) is 0 Å². The zero-order valence-electron chi connectivity index (χ0n) is 9.67. The van der Waals surface area contributed by atoms with Crippen LogP contribution in [0.4, 0.5) is 0 Å². The van der Waals surface area contributed by atoms with Crippen LogP contribution in [0.5, 0.6) is 0 Å². The molecule has 0 atom stereocenters. The van der Waals surface area contributed by atoms with Crippen molar-refractivity contribution in [1.82, 2.24) is 10.6 Å². The van der Waals surface area contributed by atoms with Gasteiger partial charge >= 0.3 is 0 Å². The highest BCUT2D eigenvalue weighted by Gasteiger charge is 2.00. The van der Waals surface area contributed by atoms with E-state index in [2.05, 4.69) is 31.9 Å². The van der Waals surface area contributed by atoms with E-state index in [-0.39, 0.29) is 0 Å². The second kappa shape index (κ2) is 10.3. The van der Waals surface area contributed by atoms with Crippen LogP contribution in [-0.4, -0.2) is 59.3 Å². The van der Waals surface area contributed by atoms with Crippen molar-refractivity contribution < 1.29 is 21.3 Å². The Kier molecular flexibility index (Phi) is 8.79. The Morgan fingerprint density at radius 3 is 1.13 bits per heavy atom. The highest BCUT2D eigenvalue weighted by Crippen LogP contribution is 1.62. The van der Waals surface area contributed by atoms with Crippen LogP contribution in [0, 0.1) is 0 Å². The highest BCUT2D eigenvalue weighted by atomic mass is 15.1. The number of hydrogen-bond acceptors (Lipinski definition) is 2. The molecule has 6 heteroatoms. The summed E-state index contributed by atoms with van der Waals surface area (Å²) in [6, 6.07) is 0. The van der Waals surface area contributed by atoms with Gasteiger partial charge in [-0.25, -0.2) is 0 Å². The molecule has 15 heavy (non-hydrogen) atoms. The molecule has 3 rings (SSSR count). The van der Waals surface area contributed by atoms with E-state index in [1.54, 1.807) is 0 Å². The van der Waals surface area contributed by atoms with Crippen LogP contribution < -0.4 is 31.9 Å². The molecule has 3 aliphatic rings. The molecule has 0 spiro atoms. The lowest BCUT2D eigenvalue weighted by Crippen LogP contribution is -2.95. The minimum absolute atomic E-state index is 1.00. The lowest BCUT2D eigenvalue weighted by molar-refractivity contribution is -0.785. The highest BCUT2D eigenvalue weighted by molar-refractivity contribution is 4.55.